The molecular formula is C25H29N3O5. The van der Waals surface area contributed by atoms with Gasteiger partial charge in [-0.15, -0.1) is 0 Å². The smallest absolute Gasteiger partial charge is 0.308 e. The number of hydrogen-bond acceptors (Lipinski definition) is 5. The van der Waals surface area contributed by atoms with Gasteiger partial charge in [0.2, 0.25) is 11.8 Å². The van der Waals surface area contributed by atoms with Gasteiger partial charge in [-0.05, 0) is 56.7 Å². The summed E-state index contributed by atoms with van der Waals surface area (Å²) in [6, 6.07) is 13.5. The minimum atomic E-state index is -0.453. The van der Waals surface area contributed by atoms with Crippen LogP contribution < -0.4 is 15.4 Å². The second kappa shape index (κ2) is 9.85. The molecule has 0 spiro atoms. The molecule has 3 amide bonds. The molecule has 1 fully saturated rings. The number of esters is 1. The zero-order valence-corrected chi connectivity index (χ0v) is 19.3. The Hall–Kier alpha value is -3.68. The Morgan fingerprint density at radius 3 is 2.39 bits per heavy atom. The van der Waals surface area contributed by atoms with Crippen LogP contribution in [-0.2, 0) is 20.9 Å². The molecule has 174 valence electrons. The SMILES string of the molecule is CC(=O)Oc1cccc(C(=O)NCc2ccc(NC(=O)C3CC(=O)N(C(C)(C)C)C3)cc2)c1. The standard InChI is InChI=1S/C25H29N3O5/c1-16(29)33-21-7-5-6-18(12-21)23(31)26-14-17-8-10-20(11-9-17)27-24(32)19-13-22(30)28(15-19)25(2,3)4/h5-12,19H,13-15H2,1-4H3,(H,26,31)(H,27,32). The van der Waals surface area contributed by atoms with E-state index in [1.165, 1.54) is 13.0 Å². The lowest BCUT2D eigenvalue weighted by molar-refractivity contribution is -0.132. The van der Waals surface area contributed by atoms with Crippen molar-refractivity contribution in [3.8, 4) is 5.75 Å². The normalized spacial score (nSPS) is 15.8. The highest BCUT2D eigenvalue weighted by Crippen LogP contribution is 2.26. The van der Waals surface area contributed by atoms with E-state index in [4.69, 9.17) is 4.74 Å². The van der Waals surface area contributed by atoms with Gasteiger partial charge in [-0.3, -0.25) is 19.2 Å². The van der Waals surface area contributed by atoms with Crippen LogP contribution in [0.5, 0.6) is 5.75 Å². The molecular weight excluding hydrogens is 422 g/mol. The highest BCUT2D eigenvalue weighted by Gasteiger charge is 2.39. The van der Waals surface area contributed by atoms with E-state index in [0.29, 0.717) is 30.1 Å². The summed E-state index contributed by atoms with van der Waals surface area (Å²) >= 11 is 0. The molecule has 8 heteroatoms. The first-order chi connectivity index (χ1) is 15.5. The first-order valence-electron chi connectivity index (χ1n) is 10.8. The van der Waals surface area contributed by atoms with Crippen LogP contribution in [-0.4, -0.2) is 40.7 Å². The van der Waals surface area contributed by atoms with Gasteiger partial charge in [0, 0.05) is 43.2 Å². The highest BCUT2D eigenvalue weighted by molar-refractivity contribution is 5.97. The lowest BCUT2D eigenvalue weighted by Crippen LogP contribution is -2.42. The van der Waals surface area contributed by atoms with E-state index in [-0.39, 0.29) is 35.6 Å². The molecule has 3 rings (SSSR count). The molecule has 1 aliphatic heterocycles. The molecule has 2 N–H and O–H groups in total. The van der Waals surface area contributed by atoms with Gasteiger partial charge in [-0.1, -0.05) is 18.2 Å². The van der Waals surface area contributed by atoms with Crippen LogP contribution in [0.2, 0.25) is 0 Å². The van der Waals surface area contributed by atoms with Crippen LogP contribution in [0.1, 0.15) is 50.0 Å². The van der Waals surface area contributed by atoms with Crippen LogP contribution in [0.25, 0.3) is 0 Å². The molecule has 1 atom stereocenters. The van der Waals surface area contributed by atoms with Crippen LogP contribution in [0.3, 0.4) is 0 Å². The maximum atomic E-state index is 12.6. The molecule has 1 unspecified atom stereocenters. The zero-order chi connectivity index (χ0) is 24.2. The molecule has 1 heterocycles. The van der Waals surface area contributed by atoms with Crippen molar-refractivity contribution in [2.45, 2.75) is 46.2 Å². The van der Waals surface area contributed by atoms with E-state index in [0.717, 1.165) is 5.56 Å². The number of anilines is 1. The molecule has 2 aromatic carbocycles. The monoisotopic (exact) mass is 451 g/mol. The Bertz CT molecular complexity index is 1060. The van der Waals surface area contributed by atoms with Gasteiger partial charge in [0.05, 0.1) is 5.92 Å². The molecule has 0 aliphatic carbocycles. The lowest BCUT2D eigenvalue weighted by atomic mass is 10.1. The number of likely N-dealkylation sites (tertiary alicyclic amines) is 1. The predicted molar refractivity (Wildman–Crippen MR) is 124 cm³/mol. The maximum absolute atomic E-state index is 12.6. The lowest BCUT2D eigenvalue weighted by Gasteiger charge is -2.31. The zero-order valence-electron chi connectivity index (χ0n) is 19.3. The Morgan fingerprint density at radius 1 is 1.09 bits per heavy atom. The molecule has 1 saturated heterocycles. The number of rotatable bonds is 6. The average molecular weight is 452 g/mol. The summed E-state index contributed by atoms with van der Waals surface area (Å²) in [6.07, 6.45) is 0.214. The summed E-state index contributed by atoms with van der Waals surface area (Å²) in [6.45, 7) is 7.88. The van der Waals surface area contributed by atoms with Gasteiger partial charge >= 0.3 is 5.97 Å². The van der Waals surface area contributed by atoms with Crippen molar-refractivity contribution in [2.75, 3.05) is 11.9 Å². The van der Waals surface area contributed by atoms with Crippen molar-refractivity contribution < 1.29 is 23.9 Å². The molecule has 8 nitrogen and oxygen atoms in total. The van der Waals surface area contributed by atoms with Crippen molar-refractivity contribution in [1.29, 1.82) is 0 Å². The fourth-order valence-electron chi connectivity index (χ4n) is 3.63. The molecule has 0 radical (unpaired) electrons. The first-order valence-corrected chi connectivity index (χ1v) is 10.8. The largest absolute Gasteiger partial charge is 0.427 e. The van der Waals surface area contributed by atoms with E-state index in [1.54, 1.807) is 35.2 Å². The topological polar surface area (TPSA) is 105 Å². The number of nitrogens with one attached hydrogen (secondary N) is 2. The van der Waals surface area contributed by atoms with Crippen molar-refractivity contribution in [3.05, 3.63) is 59.7 Å². The average Bonchev–Trinajstić information content (AvgIpc) is 3.15. The van der Waals surface area contributed by atoms with Gasteiger partial charge in [0.15, 0.2) is 0 Å². The third-order valence-corrected chi connectivity index (χ3v) is 5.34. The molecule has 33 heavy (non-hydrogen) atoms. The molecule has 0 bridgehead atoms. The van der Waals surface area contributed by atoms with Gasteiger partial charge in [-0.2, -0.15) is 0 Å². The Kier molecular flexibility index (Phi) is 7.16. The Balaban J connectivity index is 1.52. The second-order valence-electron chi connectivity index (χ2n) is 9.07. The highest BCUT2D eigenvalue weighted by atomic mass is 16.5. The quantitative estimate of drug-likeness (QED) is 0.519. The Labute approximate surface area is 193 Å². The van der Waals surface area contributed by atoms with Gasteiger partial charge in [-0.25, -0.2) is 0 Å². The number of ether oxygens (including phenoxy) is 1. The maximum Gasteiger partial charge on any atom is 0.308 e. The van der Waals surface area contributed by atoms with Crippen LogP contribution >= 0.6 is 0 Å². The summed E-state index contributed by atoms with van der Waals surface area (Å²) in [5, 5.41) is 5.68. The number of amides is 3. The Morgan fingerprint density at radius 2 is 1.79 bits per heavy atom. The summed E-state index contributed by atoms with van der Waals surface area (Å²) < 4.78 is 5.00. The molecule has 2 aromatic rings. The minimum Gasteiger partial charge on any atom is -0.427 e. The van der Waals surface area contributed by atoms with Crippen LogP contribution in [0.15, 0.2) is 48.5 Å². The fourth-order valence-corrected chi connectivity index (χ4v) is 3.63. The van der Waals surface area contributed by atoms with Crippen molar-refractivity contribution in [2.24, 2.45) is 5.92 Å². The molecule has 0 saturated carbocycles. The number of hydrogen-bond donors (Lipinski definition) is 2. The van der Waals surface area contributed by atoms with Crippen LogP contribution in [0.4, 0.5) is 5.69 Å². The first kappa shape index (κ1) is 24.0. The third-order valence-electron chi connectivity index (χ3n) is 5.34. The summed E-state index contributed by atoms with van der Waals surface area (Å²) in [4.78, 5) is 50.0. The number of carbonyl (C=O) groups is 4. The van der Waals surface area contributed by atoms with E-state index >= 15 is 0 Å². The van der Waals surface area contributed by atoms with Gasteiger partial charge in [0.25, 0.3) is 5.91 Å². The van der Waals surface area contributed by atoms with E-state index in [9.17, 15) is 19.2 Å². The number of nitrogens with zero attached hydrogens (tertiary/aromatic N) is 1. The molecule has 0 aromatic heterocycles. The number of carbonyl (C=O) groups excluding carboxylic acids is 4. The van der Waals surface area contributed by atoms with Crippen LogP contribution in [0, 0.1) is 5.92 Å². The summed E-state index contributed by atoms with van der Waals surface area (Å²) in [7, 11) is 0. The number of benzene rings is 2. The predicted octanol–water partition coefficient (Wildman–Crippen LogP) is 3.13. The van der Waals surface area contributed by atoms with E-state index in [1.807, 2.05) is 32.9 Å². The van der Waals surface area contributed by atoms with Crippen molar-refractivity contribution in [1.82, 2.24) is 10.2 Å². The minimum absolute atomic E-state index is 0.00728. The summed E-state index contributed by atoms with van der Waals surface area (Å²) in [5.74, 6) is -0.999. The van der Waals surface area contributed by atoms with Crippen molar-refractivity contribution >= 4 is 29.4 Å². The van der Waals surface area contributed by atoms with Gasteiger partial charge < -0.3 is 20.3 Å². The fraction of sp³-hybridized carbons (Fsp3) is 0.360. The van der Waals surface area contributed by atoms with Gasteiger partial charge in [0.1, 0.15) is 5.75 Å². The van der Waals surface area contributed by atoms with E-state index < -0.39 is 5.97 Å². The second-order valence-corrected chi connectivity index (χ2v) is 9.07. The van der Waals surface area contributed by atoms with E-state index in [2.05, 4.69) is 10.6 Å². The summed E-state index contributed by atoms with van der Waals surface area (Å²) in [5.41, 5.74) is 1.56. The third kappa shape index (κ3) is 6.41. The van der Waals surface area contributed by atoms with Crippen molar-refractivity contribution in [3.63, 3.8) is 0 Å². The molecule has 1 aliphatic rings.